The van der Waals surface area contributed by atoms with Gasteiger partial charge in [-0.15, -0.1) is 0 Å². The van der Waals surface area contributed by atoms with Crippen LogP contribution in [0.1, 0.15) is 30.1 Å². The molecule has 0 aliphatic carbocycles. The van der Waals surface area contributed by atoms with Crippen molar-refractivity contribution in [3.05, 3.63) is 41.6 Å². The Bertz CT molecular complexity index is 701. The zero-order chi connectivity index (χ0) is 17.0. The molecule has 0 bridgehead atoms. The Morgan fingerprint density at radius 1 is 1.43 bits per heavy atom. The van der Waals surface area contributed by atoms with Crippen molar-refractivity contribution in [2.75, 3.05) is 6.61 Å². The zero-order valence-corrected chi connectivity index (χ0v) is 13.0. The normalized spacial score (nSPS) is 12.2. The number of carbonyl (C=O) groups is 1. The highest BCUT2D eigenvalue weighted by Gasteiger charge is 2.21. The van der Waals surface area contributed by atoms with E-state index in [-0.39, 0.29) is 29.5 Å². The minimum atomic E-state index is -0.778. The smallest absolute Gasteiger partial charge is 0.255 e. The van der Waals surface area contributed by atoms with Crippen LogP contribution in [0, 0.1) is 11.6 Å². The molecule has 5 nitrogen and oxygen atoms in total. The molecule has 0 aliphatic rings. The van der Waals surface area contributed by atoms with Gasteiger partial charge >= 0.3 is 0 Å². The average Bonchev–Trinajstić information content (AvgIpc) is 2.88. The minimum Gasteiger partial charge on any atom is -0.396 e. The molecule has 2 N–H and O–H groups in total. The van der Waals surface area contributed by atoms with Crippen LogP contribution in [0.3, 0.4) is 0 Å². The molecule has 7 heteroatoms. The molecule has 1 amide bonds. The molecule has 0 spiro atoms. The third kappa shape index (κ3) is 3.92. The summed E-state index contributed by atoms with van der Waals surface area (Å²) in [5.74, 6) is -1.88. The summed E-state index contributed by atoms with van der Waals surface area (Å²) in [7, 11) is 1.62. The third-order valence-electron chi connectivity index (χ3n) is 3.57. The standard InChI is InChI=1S/C16H19F2N3O2/c1-3-11(6-7-22)19-16(23)13-9-21(2)20-15(13)12-5-4-10(17)8-14(12)18/h4-5,8-9,11,22H,3,6-7H2,1-2H3,(H,19,23). The van der Waals surface area contributed by atoms with Crippen molar-refractivity contribution in [1.82, 2.24) is 15.1 Å². The number of aliphatic hydroxyl groups is 1. The summed E-state index contributed by atoms with van der Waals surface area (Å²) in [5, 5.41) is 15.9. The maximum Gasteiger partial charge on any atom is 0.255 e. The van der Waals surface area contributed by atoms with E-state index in [1.165, 1.54) is 16.9 Å². The molecule has 124 valence electrons. The number of hydrogen-bond donors (Lipinski definition) is 2. The van der Waals surface area contributed by atoms with E-state index in [1.807, 2.05) is 6.92 Å². The Hall–Kier alpha value is -2.28. The molecule has 0 fully saturated rings. The zero-order valence-electron chi connectivity index (χ0n) is 13.0. The summed E-state index contributed by atoms with van der Waals surface area (Å²) in [6.07, 6.45) is 2.58. The summed E-state index contributed by atoms with van der Waals surface area (Å²) < 4.78 is 28.4. The summed E-state index contributed by atoms with van der Waals surface area (Å²) in [5.41, 5.74) is 0.420. The first-order valence-corrected chi connectivity index (χ1v) is 7.37. The topological polar surface area (TPSA) is 67.2 Å². The summed E-state index contributed by atoms with van der Waals surface area (Å²) >= 11 is 0. The maximum absolute atomic E-state index is 14.0. The van der Waals surface area contributed by atoms with Gasteiger partial charge in [0.1, 0.15) is 17.3 Å². The lowest BCUT2D eigenvalue weighted by Crippen LogP contribution is -2.35. The van der Waals surface area contributed by atoms with Gasteiger partial charge in [0.15, 0.2) is 0 Å². The number of halogens is 2. The molecule has 1 atom stereocenters. The van der Waals surface area contributed by atoms with E-state index in [0.29, 0.717) is 12.8 Å². The Kier molecular flexibility index (Phi) is 5.44. The SMILES string of the molecule is CCC(CCO)NC(=O)c1cn(C)nc1-c1ccc(F)cc1F. The van der Waals surface area contributed by atoms with Gasteiger partial charge in [-0.25, -0.2) is 8.78 Å². The highest BCUT2D eigenvalue weighted by atomic mass is 19.1. The van der Waals surface area contributed by atoms with Crippen molar-refractivity contribution in [2.45, 2.75) is 25.8 Å². The Morgan fingerprint density at radius 3 is 2.78 bits per heavy atom. The minimum absolute atomic E-state index is 0.0364. The van der Waals surface area contributed by atoms with Crippen LogP contribution in [0.5, 0.6) is 0 Å². The summed E-state index contributed by atoms with van der Waals surface area (Å²) in [6, 6.07) is 2.95. The number of aromatic nitrogens is 2. The van der Waals surface area contributed by atoms with Gasteiger partial charge in [0.25, 0.3) is 5.91 Å². The number of aryl methyl sites for hydroxylation is 1. The predicted octanol–water partition coefficient (Wildman–Crippen LogP) is 2.26. The van der Waals surface area contributed by atoms with Crippen molar-refractivity contribution < 1.29 is 18.7 Å². The molecule has 0 saturated heterocycles. The first-order chi connectivity index (χ1) is 11.0. The van der Waals surface area contributed by atoms with E-state index >= 15 is 0 Å². The first kappa shape index (κ1) is 17.1. The number of amides is 1. The van der Waals surface area contributed by atoms with Crippen molar-refractivity contribution in [2.24, 2.45) is 7.05 Å². The lowest BCUT2D eigenvalue weighted by molar-refractivity contribution is 0.0929. The van der Waals surface area contributed by atoms with Gasteiger partial charge in [0, 0.05) is 37.5 Å². The van der Waals surface area contributed by atoms with Gasteiger partial charge in [-0.2, -0.15) is 5.10 Å². The largest absolute Gasteiger partial charge is 0.396 e. The molecule has 23 heavy (non-hydrogen) atoms. The molecule has 2 rings (SSSR count). The number of hydrogen-bond acceptors (Lipinski definition) is 3. The molecular weight excluding hydrogens is 304 g/mol. The van der Waals surface area contributed by atoms with Gasteiger partial charge in [0.2, 0.25) is 0 Å². The van der Waals surface area contributed by atoms with Crippen molar-refractivity contribution >= 4 is 5.91 Å². The summed E-state index contributed by atoms with van der Waals surface area (Å²) in [6.45, 7) is 1.86. The molecule has 1 aromatic carbocycles. The Labute approximate surface area is 132 Å². The molecule has 2 aromatic rings. The fourth-order valence-electron chi connectivity index (χ4n) is 2.33. The quantitative estimate of drug-likeness (QED) is 0.857. The molecule has 1 unspecified atom stereocenters. The second kappa shape index (κ2) is 7.32. The van der Waals surface area contributed by atoms with Gasteiger partial charge < -0.3 is 10.4 Å². The van der Waals surface area contributed by atoms with E-state index in [4.69, 9.17) is 5.11 Å². The lowest BCUT2D eigenvalue weighted by Gasteiger charge is -2.15. The summed E-state index contributed by atoms with van der Waals surface area (Å²) in [4.78, 5) is 12.4. The molecule has 0 radical (unpaired) electrons. The van der Waals surface area contributed by atoms with Crippen LogP contribution < -0.4 is 5.32 Å². The number of benzene rings is 1. The van der Waals surface area contributed by atoms with Gasteiger partial charge in [0.05, 0.1) is 5.56 Å². The fourth-order valence-corrected chi connectivity index (χ4v) is 2.33. The molecule has 0 saturated carbocycles. The maximum atomic E-state index is 14.0. The van der Waals surface area contributed by atoms with Crippen LogP contribution in [-0.2, 0) is 7.05 Å². The second-order valence-corrected chi connectivity index (χ2v) is 5.28. The van der Waals surface area contributed by atoms with E-state index in [1.54, 1.807) is 7.05 Å². The monoisotopic (exact) mass is 323 g/mol. The number of nitrogens with one attached hydrogen (secondary N) is 1. The van der Waals surface area contributed by atoms with Crippen LogP contribution >= 0.6 is 0 Å². The van der Waals surface area contributed by atoms with Gasteiger partial charge in [-0.05, 0) is 25.0 Å². The van der Waals surface area contributed by atoms with E-state index < -0.39 is 17.5 Å². The van der Waals surface area contributed by atoms with Crippen LogP contribution in [0.15, 0.2) is 24.4 Å². The van der Waals surface area contributed by atoms with Crippen LogP contribution in [0.2, 0.25) is 0 Å². The number of carbonyl (C=O) groups excluding carboxylic acids is 1. The Balaban J connectivity index is 2.35. The predicted molar refractivity (Wildman–Crippen MR) is 81.8 cm³/mol. The highest BCUT2D eigenvalue weighted by Crippen LogP contribution is 2.25. The van der Waals surface area contributed by atoms with Crippen LogP contribution in [-0.4, -0.2) is 33.4 Å². The average molecular weight is 323 g/mol. The lowest BCUT2D eigenvalue weighted by atomic mass is 10.1. The van der Waals surface area contributed by atoms with Crippen LogP contribution in [0.4, 0.5) is 8.78 Å². The molecule has 1 heterocycles. The number of aliphatic hydroxyl groups excluding tert-OH is 1. The second-order valence-electron chi connectivity index (χ2n) is 5.28. The third-order valence-corrected chi connectivity index (χ3v) is 3.57. The molecule has 1 aromatic heterocycles. The van der Waals surface area contributed by atoms with E-state index in [0.717, 1.165) is 12.1 Å². The van der Waals surface area contributed by atoms with Gasteiger partial charge in [-0.1, -0.05) is 6.92 Å². The first-order valence-electron chi connectivity index (χ1n) is 7.37. The van der Waals surface area contributed by atoms with Crippen molar-refractivity contribution in [3.63, 3.8) is 0 Å². The molecule has 0 aliphatic heterocycles. The van der Waals surface area contributed by atoms with Crippen LogP contribution in [0.25, 0.3) is 11.3 Å². The van der Waals surface area contributed by atoms with E-state index in [2.05, 4.69) is 10.4 Å². The van der Waals surface area contributed by atoms with Crippen molar-refractivity contribution in [3.8, 4) is 11.3 Å². The van der Waals surface area contributed by atoms with Gasteiger partial charge in [-0.3, -0.25) is 9.48 Å². The van der Waals surface area contributed by atoms with Crippen molar-refractivity contribution in [1.29, 1.82) is 0 Å². The Morgan fingerprint density at radius 2 is 2.17 bits per heavy atom. The fraction of sp³-hybridized carbons (Fsp3) is 0.375. The highest BCUT2D eigenvalue weighted by molar-refractivity contribution is 6.00. The number of nitrogens with zero attached hydrogens (tertiary/aromatic N) is 2. The van der Waals surface area contributed by atoms with E-state index in [9.17, 15) is 13.6 Å². The molecular formula is C16H19F2N3O2. The number of rotatable bonds is 6.